The zero-order valence-electron chi connectivity index (χ0n) is 15.0. The number of benzene rings is 2. The van der Waals surface area contributed by atoms with Gasteiger partial charge in [0.15, 0.2) is 0 Å². The van der Waals surface area contributed by atoms with Crippen LogP contribution in [0.1, 0.15) is 62.4 Å². The second kappa shape index (κ2) is 8.53. The van der Waals surface area contributed by atoms with Crippen LogP contribution < -0.4 is 10.1 Å². The molecule has 0 unspecified atom stereocenters. The van der Waals surface area contributed by atoms with Crippen molar-refractivity contribution in [3.05, 3.63) is 59.7 Å². The molecular formula is C21H27NO2. The molecule has 0 saturated heterocycles. The van der Waals surface area contributed by atoms with Gasteiger partial charge in [-0.3, -0.25) is 4.79 Å². The van der Waals surface area contributed by atoms with Crippen LogP contribution in [0.25, 0.3) is 0 Å². The lowest BCUT2D eigenvalue weighted by molar-refractivity contribution is 0.102. The van der Waals surface area contributed by atoms with Crippen molar-refractivity contribution in [1.82, 2.24) is 0 Å². The van der Waals surface area contributed by atoms with E-state index in [1.54, 1.807) is 6.07 Å². The summed E-state index contributed by atoms with van der Waals surface area (Å²) >= 11 is 0. The minimum Gasteiger partial charge on any atom is -0.491 e. The number of hydrogen-bond donors (Lipinski definition) is 1. The molecule has 0 bridgehead atoms. The maximum Gasteiger partial charge on any atom is 0.255 e. The molecule has 128 valence electrons. The number of nitrogens with one attached hydrogen (secondary N) is 1. The van der Waals surface area contributed by atoms with Crippen LogP contribution in [0.15, 0.2) is 48.5 Å². The van der Waals surface area contributed by atoms with E-state index in [4.69, 9.17) is 4.74 Å². The minimum atomic E-state index is -0.111. The number of rotatable bonds is 7. The zero-order chi connectivity index (χ0) is 17.5. The van der Waals surface area contributed by atoms with Gasteiger partial charge in [-0.2, -0.15) is 0 Å². The molecule has 0 aliphatic rings. The van der Waals surface area contributed by atoms with Crippen molar-refractivity contribution in [3.8, 4) is 5.75 Å². The molecule has 0 heterocycles. The Labute approximate surface area is 145 Å². The molecule has 2 atom stereocenters. The van der Waals surface area contributed by atoms with Crippen LogP contribution in [0.3, 0.4) is 0 Å². The molecule has 3 nitrogen and oxygen atoms in total. The van der Waals surface area contributed by atoms with Crippen LogP contribution in [0.4, 0.5) is 5.69 Å². The smallest absolute Gasteiger partial charge is 0.255 e. The van der Waals surface area contributed by atoms with E-state index in [0.717, 1.165) is 24.3 Å². The Balaban J connectivity index is 2.17. The quantitative estimate of drug-likeness (QED) is 0.716. The summed E-state index contributed by atoms with van der Waals surface area (Å²) in [6.07, 6.45) is 2.10. The molecule has 1 amide bonds. The number of anilines is 1. The Bertz CT molecular complexity index is 681. The van der Waals surface area contributed by atoms with E-state index < -0.39 is 0 Å². The summed E-state index contributed by atoms with van der Waals surface area (Å²) in [5, 5.41) is 3.04. The van der Waals surface area contributed by atoms with Gasteiger partial charge in [0.05, 0.1) is 6.10 Å². The van der Waals surface area contributed by atoms with Gasteiger partial charge in [0.1, 0.15) is 5.75 Å². The van der Waals surface area contributed by atoms with Gasteiger partial charge in [-0.05, 0) is 55.5 Å². The molecule has 2 aromatic rings. The molecule has 24 heavy (non-hydrogen) atoms. The Morgan fingerprint density at radius 3 is 2.50 bits per heavy atom. The highest BCUT2D eigenvalue weighted by Gasteiger charge is 2.13. The maximum atomic E-state index is 12.6. The molecule has 0 saturated carbocycles. The van der Waals surface area contributed by atoms with Gasteiger partial charge in [0, 0.05) is 11.3 Å². The first kappa shape index (κ1) is 18.1. The molecule has 3 heteroatoms. The van der Waals surface area contributed by atoms with Crippen molar-refractivity contribution in [2.45, 2.75) is 52.6 Å². The maximum absolute atomic E-state index is 12.6. The molecular weight excluding hydrogens is 298 g/mol. The molecule has 0 aromatic heterocycles. The summed E-state index contributed by atoms with van der Waals surface area (Å²) in [5.41, 5.74) is 2.65. The standard InChI is InChI=1S/C21H27NO2/c1-5-15(3)19-12-7-8-13-20(19)22-21(23)17-10-9-11-18(14-17)24-16(4)6-2/h7-16H,5-6H2,1-4H3,(H,22,23)/t15-,16-/m0/s1. The Kier molecular flexibility index (Phi) is 6.42. The first-order valence-corrected chi connectivity index (χ1v) is 8.72. The second-order valence-corrected chi connectivity index (χ2v) is 6.22. The predicted molar refractivity (Wildman–Crippen MR) is 99.9 cm³/mol. The predicted octanol–water partition coefficient (Wildman–Crippen LogP) is 5.63. The normalized spacial score (nSPS) is 13.2. The van der Waals surface area contributed by atoms with E-state index >= 15 is 0 Å². The number of ether oxygens (including phenoxy) is 1. The minimum absolute atomic E-state index is 0.111. The summed E-state index contributed by atoms with van der Waals surface area (Å²) in [6.45, 7) is 8.42. The van der Waals surface area contributed by atoms with Crippen molar-refractivity contribution in [2.75, 3.05) is 5.32 Å². The number of carbonyl (C=O) groups is 1. The fourth-order valence-corrected chi connectivity index (χ4v) is 2.48. The molecule has 0 fully saturated rings. The first-order chi connectivity index (χ1) is 11.5. The molecule has 2 rings (SSSR count). The van der Waals surface area contributed by atoms with E-state index in [1.165, 1.54) is 5.56 Å². The van der Waals surface area contributed by atoms with Crippen molar-refractivity contribution in [1.29, 1.82) is 0 Å². The van der Waals surface area contributed by atoms with Gasteiger partial charge < -0.3 is 10.1 Å². The van der Waals surface area contributed by atoms with E-state index in [9.17, 15) is 4.79 Å². The van der Waals surface area contributed by atoms with Crippen LogP contribution in [0, 0.1) is 0 Å². The van der Waals surface area contributed by atoms with Gasteiger partial charge in [-0.25, -0.2) is 0 Å². The zero-order valence-corrected chi connectivity index (χ0v) is 15.0. The highest BCUT2D eigenvalue weighted by Crippen LogP contribution is 2.27. The third-order valence-electron chi connectivity index (χ3n) is 4.36. The largest absolute Gasteiger partial charge is 0.491 e. The third-order valence-corrected chi connectivity index (χ3v) is 4.36. The highest BCUT2D eigenvalue weighted by atomic mass is 16.5. The molecule has 0 spiro atoms. The highest BCUT2D eigenvalue weighted by molar-refractivity contribution is 6.04. The van der Waals surface area contributed by atoms with Gasteiger partial charge in [-0.1, -0.05) is 45.0 Å². The van der Waals surface area contributed by atoms with Gasteiger partial charge in [-0.15, -0.1) is 0 Å². The SMILES string of the molecule is CC[C@H](C)Oc1cccc(C(=O)Nc2ccccc2[C@@H](C)CC)c1. The molecule has 0 aliphatic carbocycles. The van der Waals surface area contributed by atoms with Gasteiger partial charge >= 0.3 is 0 Å². The lowest BCUT2D eigenvalue weighted by atomic mass is 9.97. The number of hydrogen-bond acceptors (Lipinski definition) is 2. The van der Waals surface area contributed by atoms with Gasteiger partial charge in [0.2, 0.25) is 0 Å². The lowest BCUT2D eigenvalue weighted by Crippen LogP contribution is -2.15. The molecule has 0 aliphatic heterocycles. The van der Waals surface area contributed by atoms with E-state index in [-0.39, 0.29) is 12.0 Å². The molecule has 2 aromatic carbocycles. The Morgan fingerprint density at radius 1 is 1.04 bits per heavy atom. The third kappa shape index (κ3) is 4.60. The van der Waals surface area contributed by atoms with E-state index in [2.05, 4.69) is 32.2 Å². The summed E-state index contributed by atoms with van der Waals surface area (Å²) in [6, 6.07) is 15.3. The fraction of sp³-hybridized carbons (Fsp3) is 0.381. The summed E-state index contributed by atoms with van der Waals surface area (Å²) in [5.74, 6) is 1.02. The number of para-hydroxylation sites is 1. The Hall–Kier alpha value is -2.29. The van der Waals surface area contributed by atoms with Crippen molar-refractivity contribution < 1.29 is 9.53 Å². The van der Waals surface area contributed by atoms with Crippen LogP contribution in [-0.4, -0.2) is 12.0 Å². The first-order valence-electron chi connectivity index (χ1n) is 8.72. The van der Waals surface area contributed by atoms with Gasteiger partial charge in [0.25, 0.3) is 5.91 Å². The van der Waals surface area contributed by atoms with Crippen molar-refractivity contribution >= 4 is 11.6 Å². The van der Waals surface area contributed by atoms with E-state index in [1.807, 2.05) is 43.3 Å². The van der Waals surface area contributed by atoms with Crippen LogP contribution >= 0.6 is 0 Å². The number of amides is 1. The average molecular weight is 325 g/mol. The molecule has 1 N–H and O–H groups in total. The van der Waals surface area contributed by atoms with Crippen molar-refractivity contribution in [3.63, 3.8) is 0 Å². The summed E-state index contributed by atoms with van der Waals surface area (Å²) < 4.78 is 5.80. The van der Waals surface area contributed by atoms with Crippen molar-refractivity contribution in [2.24, 2.45) is 0 Å². The van der Waals surface area contributed by atoms with Crippen LogP contribution in [0.2, 0.25) is 0 Å². The fourth-order valence-electron chi connectivity index (χ4n) is 2.48. The average Bonchev–Trinajstić information content (AvgIpc) is 2.61. The van der Waals surface area contributed by atoms with Crippen LogP contribution in [0.5, 0.6) is 5.75 Å². The Morgan fingerprint density at radius 2 is 1.79 bits per heavy atom. The number of carbonyl (C=O) groups excluding carboxylic acids is 1. The summed E-state index contributed by atoms with van der Waals surface area (Å²) in [4.78, 5) is 12.6. The topological polar surface area (TPSA) is 38.3 Å². The van der Waals surface area contributed by atoms with E-state index in [0.29, 0.717) is 11.5 Å². The molecule has 0 radical (unpaired) electrons. The van der Waals surface area contributed by atoms with Crippen LogP contribution in [-0.2, 0) is 0 Å². The summed E-state index contributed by atoms with van der Waals surface area (Å²) in [7, 11) is 0. The lowest BCUT2D eigenvalue weighted by Gasteiger charge is -2.16. The monoisotopic (exact) mass is 325 g/mol. The second-order valence-electron chi connectivity index (χ2n) is 6.22.